The monoisotopic (exact) mass is 350 g/mol. The van der Waals surface area contributed by atoms with Gasteiger partial charge in [0, 0.05) is 19.6 Å². The van der Waals surface area contributed by atoms with E-state index in [9.17, 15) is 14.4 Å². The van der Waals surface area contributed by atoms with Gasteiger partial charge in [0.15, 0.2) is 0 Å². The molecule has 0 atom stereocenters. The fourth-order valence-electron chi connectivity index (χ4n) is 3.73. The zero-order valence-corrected chi connectivity index (χ0v) is 15.4. The Kier molecular flexibility index (Phi) is 4.29. The number of rotatable bonds is 1. The van der Waals surface area contributed by atoms with Gasteiger partial charge in [-0.3, -0.25) is 4.79 Å². The van der Waals surface area contributed by atoms with Crippen LogP contribution in [0.3, 0.4) is 0 Å². The highest BCUT2D eigenvalue weighted by Gasteiger charge is 2.50. The van der Waals surface area contributed by atoms with E-state index < -0.39 is 11.0 Å². The summed E-state index contributed by atoms with van der Waals surface area (Å²) < 4.78 is 10.4. The molecule has 25 heavy (non-hydrogen) atoms. The Morgan fingerprint density at radius 2 is 1.72 bits per heavy atom. The summed E-state index contributed by atoms with van der Waals surface area (Å²) in [5, 5.41) is 0. The highest BCUT2D eigenvalue weighted by molar-refractivity contribution is 5.94. The molecule has 0 aromatic heterocycles. The number of ether oxygens (including phenoxy) is 2. The summed E-state index contributed by atoms with van der Waals surface area (Å²) in [6.07, 6.45) is 1.68. The molecule has 7 nitrogen and oxygen atoms in total. The van der Waals surface area contributed by atoms with Crippen molar-refractivity contribution < 1.29 is 23.9 Å². The van der Waals surface area contributed by atoms with Crippen molar-refractivity contribution in [3.05, 3.63) is 11.3 Å². The zero-order valence-electron chi connectivity index (χ0n) is 15.4. The Balaban J connectivity index is 1.65. The summed E-state index contributed by atoms with van der Waals surface area (Å²) in [7, 11) is 0. The molecular formula is C18H26N2O5. The summed E-state index contributed by atoms with van der Waals surface area (Å²) in [6, 6.07) is 0. The van der Waals surface area contributed by atoms with Gasteiger partial charge in [0.05, 0.1) is 16.7 Å². The van der Waals surface area contributed by atoms with Crippen molar-refractivity contribution in [1.29, 1.82) is 0 Å². The van der Waals surface area contributed by atoms with E-state index in [0.29, 0.717) is 43.7 Å². The van der Waals surface area contributed by atoms with E-state index in [1.165, 1.54) is 0 Å². The van der Waals surface area contributed by atoms with Crippen LogP contribution in [0.15, 0.2) is 11.3 Å². The van der Waals surface area contributed by atoms with Crippen LogP contribution in [0.2, 0.25) is 0 Å². The van der Waals surface area contributed by atoms with Crippen molar-refractivity contribution in [1.82, 2.24) is 9.80 Å². The number of carbonyl (C=O) groups excluding carboxylic acids is 3. The molecule has 3 heterocycles. The second kappa shape index (κ2) is 6.04. The van der Waals surface area contributed by atoms with Gasteiger partial charge >= 0.3 is 12.1 Å². The predicted octanol–water partition coefficient (Wildman–Crippen LogP) is 2.07. The van der Waals surface area contributed by atoms with E-state index in [4.69, 9.17) is 9.47 Å². The fourth-order valence-corrected chi connectivity index (χ4v) is 3.73. The highest BCUT2D eigenvalue weighted by atomic mass is 16.6. The zero-order chi connectivity index (χ0) is 18.4. The third-order valence-electron chi connectivity index (χ3n) is 5.29. The molecule has 0 aromatic carbocycles. The lowest BCUT2D eigenvalue weighted by molar-refractivity contribution is -0.138. The van der Waals surface area contributed by atoms with Crippen LogP contribution in [0, 0.1) is 5.41 Å². The third kappa shape index (κ3) is 3.24. The molecule has 1 spiro atoms. The van der Waals surface area contributed by atoms with E-state index in [1.807, 2.05) is 20.8 Å². The summed E-state index contributed by atoms with van der Waals surface area (Å²) >= 11 is 0. The minimum Gasteiger partial charge on any atom is -0.456 e. The molecule has 0 N–H and O–H groups in total. The first-order chi connectivity index (χ1) is 11.6. The molecule has 0 unspecified atom stereocenters. The lowest BCUT2D eigenvalue weighted by Gasteiger charge is -2.38. The number of hydrogen-bond acceptors (Lipinski definition) is 5. The second-order valence-corrected chi connectivity index (χ2v) is 8.10. The average molecular weight is 350 g/mol. The van der Waals surface area contributed by atoms with Gasteiger partial charge in [0.1, 0.15) is 12.2 Å². The van der Waals surface area contributed by atoms with Crippen LogP contribution in [-0.4, -0.2) is 59.6 Å². The first-order valence-electron chi connectivity index (χ1n) is 8.80. The van der Waals surface area contributed by atoms with Crippen LogP contribution in [0.25, 0.3) is 0 Å². The van der Waals surface area contributed by atoms with Gasteiger partial charge < -0.3 is 19.3 Å². The SMILES string of the molecule is CC1=C(N2CCC3(CCN(C(=O)OC(C)(C)C)CC3)C2=O)COC1=O. The molecule has 2 amide bonds. The van der Waals surface area contributed by atoms with Gasteiger partial charge in [-0.15, -0.1) is 0 Å². The Hall–Kier alpha value is -2.05. The summed E-state index contributed by atoms with van der Waals surface area (Å²) in [6.45, 7) is 9.05. The number of nitrogens with zero attached hydrogens (tertiary/aromatic N) is 2. The predicted molar refractivity (Wildman–Crippen MR) is 89.5 cm³/mol. The molecule has 3 rings (SSSR count). The highest BCUT2D eigenvalue weighted by Crippen LogP contribution is 2.43. The van der Waals surface area contributed by atoms with Gasteiger partial charge in [0.2, 0.25) is 5.91 Å². The quantitative estimate of drug-likeness (QED) is 0.677. The number of piperidine rings is 1. The van der Waals surface area contributed by atoms with E-state index >= 15 is 0 Å². The van der Waals surface area contributed by atoms with E-state index in [0.717, 1.165) is 6.42 Å². The molecule has 0 aliphatic carbocycles. The largest absolute Gasteiger partial charge is 0.456 e. The molecule has 7 heteroatoms. The topological polar surface area (TPSA) is 76.2 Å². The van der Waals surface area contributed by atoms with Crippen LogP contribution in [0.1, 0.15) is 47.0 Å². The maximum atomic E-state index is 13.0. The minimum atomic E-state index is -0.523. The molecular weight excluding hydrogens is 324 g/mol. The Morgan fingerprint density at radius 3 is 2.24 bits per heavy atom. The van der Waals surface area contributed by atoms with E-state index in [-0.39, 0.29) is 24.6 Å². The van der Waals surface area contributed by atoms with Crippen molar-refractivity contribution in [2.45, 2.75) is 52.6 Å². The summed E-state index contributed by atoms with van der Waals surface area (Å²) in [5.74, 6) is -0.285. The molecule has 2 saturated heterocycles. The smallest absolute Gasteiger partial charge is 0.410 e. The lowest BCUT2D eigenvalue weighted by atomic mass is 9.77. The van der Waals surface area contributed by atoms with Crippen molar-refractivity contribution in [2.75, 3.05) is 26.2 Å². The van der Waals surface area contributed by atoms with Crippen molar-refractivity contribution in [3.8, 4) is 0 Å². The Bertz CT molecular complexity index is 638. The van der Waals surface area contributed by atoms with Gasteiger partial charge in [0.25, 0.3) is 0 Å². The number of carbonyl (C=O) groups is 3. The third-order valence-corrected chi connectivity index (χ3v) is 5.29. The normalized spacial score (nSPS) is 23.5. The first kappa shape index (κ1) is 17.8. The number of likely N-dealkylation sites (tertiary alicyclic amines) is 2. The Labute approximate surface area is 147 Å². The van der Waals surface area contributed by atoms with Crippen LogP contribution in [0.4, 0.5) is 4.79 Å². The number of esters is 1. The first-order valence-corrected chi connectivity index (χ1v) is 8.80. The van der Waals surface area contributed by atoms with Gasteiger partial charge in [-0.1, -0.05) is 0 Å². The number of cyclic esters (lactones) is 1. The maximum absolute atomic E-state index is 13.0. The van der Waals surface area contributed by atoms with E-state index in [1.54, 1.807) is 16.7 Å². The van der Waals surface area contributed by atoms with Crippen molar-refractivity contribution >= 4 is 18.0 Å². The molecule has 0 bridgehead atoms. The number of amides is 2. The van der Waals surface area contributed by atoms with Gasteiger partial charge in [-0.25, -0.2) is 9.59 Å². The summed E-state index contributed by atoms with van der Waals surface area (Å²) in [5.41, 5.74) is 0.265. The minimum absolute atomic E-state index is 0.0592. The number of hydrogen-bond donors (Lipinski definition) is 0. The molecule has 3 aliphatic heterocycles. The van der Waals surface area contributed by atoms with Crippen LogP contribution < -0.4 is 0 Å². The average Bonchev–Trinajstić information content (AvgIpc) is 3.01. The molecule has 2 fully saturated rings. The molecule has 138 valence electrons. The van der Waals surface area contributed by atoms with E-state index in [2.05, 4.69) is 0 Å². The fraction of sp³-hybridized carbons (Fsp3) is 0.722. The van der Waals surface area contributed by atoms with Crippen LogP contribution in [-0.2, 0) is 19.1 Å². The van der Waals surface area contributed by atoms with Gasteiger partial charge in [-0.05, 0) is 47.0 Å². The second-order valence-electron chi connectivity index (χ2n) is 8.10. The Morgan fingerprint density at radius 1 is 1.12 bits per heavy atom. The maximum Gasteiger partial charge on any atom is 0.410 e. The molecule has 0 saturated carbocycles. The summed E-state index contributed by atoms with van der Waals surface area (Å²) in [4.78, 5) is 40.2. The van der Waals surface area contributed by atoms with Crippen LogP contribution in [0.5, 0.6) is 0 Å². The van der Waals surface area contributed by atoms with Crippen LogP contribution >= 0.6 is 0 Å². The molecule has 0 radical (unpaired) electrons. The van der Waals surface area contributed by atoms with Crippen molar-refractivity contribution in [3.63, 3.8) is 0 Å². The van der Waals surface area contributed by atoms with Crippen molar-refractivity contribution in [2.24, 2.45) is 5.41 Å². The molecule has 3 aliphatic rings. The molecule has 0 aromatic rings. The standard InChI is InChI=1S/C18H26N2O5/c1-12-13(11-24-14(12)21)20-10-7-18(15(20)22)5-8-19(9-6-18)16(23)25-17(2,3)4/h5-11H2,1-4H3. The lowest BCUT2D eigenvalue weighted by Crippen LogP contribution is -2.47. The van der Waals surface area contributed by atoms with Gasteiger partial charge in [-0.2, -0.15) is 0 Å².